The van der Waals surface area contributed by atoms with Crippen molar-refractivity contribution in [3.63, 3.8) is 0 Å². The van der Waals surface area contributed by atoms with Crippen LogP contribution in [0.3, 0.4) is 0 Å². The van der Waals surface area contributed by atoms with Crippen LogP contribution in [0, 0.1) is 0 Å². The summed E-state index contributed by atoms with van der Waals surface area (Å²) in [7, 11) is 0. The molecule has 0 aliphatic carbocycles. The van der Waals surface area contributed by atoms with Gasteiger partial charge in [0.15, 0.2) is 0 Å². The first-order valence-electron chi connectivity index (χ1n) is 6.65. The molecule has 20 heavy (non-hydrogen) atoms. The van der Waals surface area contributed by atoms with E-state index >= 15 is 0 Å². The number of aliphatic hydroxyl groups is 2. The number of benzene rings is 1. The Bertz CT molecular complexity index is 460. The van der Waals surface area contributed by atoms with Gasteiger partial charge >= 0.3 is 6.09 Å². The molecule has 1 aromatic carbocycles. The molecular formula is C15H19NO4. The second kappa shape index (κ2) is 7.07. The quantitative estimate of drug-likeness (QED) is 0.800. The van der Waals surface area contributed by atoms with Gasteiger partial charge in [0.25, 0.3) is 0 Å². The Kier molecular flexibility index (Phi) is 5.15. The highest BCUT2D eigenvalue weighted by Gasteiger charge is 2.23. The zero-order chi connectivity index (χ0) is 14.4. The molecule has 0 radical (unpaired) electrons. The molecule has 2 atom stereocenters. The molecule has 1 aromatic rings. The van der Waals surface area contributed by atoms with E-state index in [9.17, 15) is 15.0 Å². The molecular weight excluding hydrogens is 258 g/mol. The number of amides is 1. The zero-order valence-electron chi connectivity index (χ0n) is 11.2. The number of ether oxygens (including phenoxy) is 1. The fraction of sp³-hybridized carbons (Fsp3) is 0.400. The van der Waals surface area contributed by atoms with Crippen molar-refractivity contribution in [2.24, 2.45) is 0 Å². The van der Waals surface area contributed by atoms with E-state index in [1.54, 1.807) is 12.2 Å². The minimum absolute atomic E-state index is 0.0686. The third kappa shape index (κ3) is 4.08. The third-order valence-corrected chi connectivity index (χ3v) is 3.16. The Balaban J connectivity index is 1.89. The second-order valence-electron chi connectivity index (χ2n) is 4.76. The predicted molar refractivity (Wildman–Crippen MR) is 74.0 cm³/mol. The number of aliphatic hydroxyl groups excluding tert-OH is 2. The van der Waals surface area contributed by atoms with E-state index in [0.717, 1.165) is 5.56 Å². The van der Waals surface area contributed by atoms with Crippen LogP contribution in [0.25, 0.3) is 0 Å². The molecule has 2 rings (SSSR count). The van der Waals surface area contributed by atoms with Gasteiger partial charge in [-0.05, 0) is 12.0 Å². The van der Waals surface area contributed by atoms with E-state index in [2.05, 4.69) is 0 Å². The summed E-state index contributed by atoms with van der Waals surface area (Å²) in [5.41, 5.74) is 0.911. The van der Waals surface area contributed by atoms with Crippen LogP contribution in [0.15, 0.2) is 42.5 Å². The van der Waals surface area contributed by atoms with Gasteiger partial charge in [-0.3, -0.25) is 0 Å². The van der Waals surface area contributed by atoms with Crippen molar-refractivity contribution in [2.75, 3.05) is 13.1 Å². The Morgan fingerprint density at radius 2 is 2.05 bits per heavy atom. The molecule has 0 fully saturated rings. The summed E-state index contributed by atoms with van der Waals surface area (Å²) < 4.78 is 5.22. The number of carbonyl (C=O) groups is 1. The van der Waals surface area contributed by atoms with E-state index in [4.69, 9.17) is 4.74 Å². The molecule has 1 amide bonds. The van der Waals surface area contributed by atoms with Crippen molar-refractivity contribution in [2.45, 2.75) is 25.2 Å². The van der Waals surface area contributed by atoms with Crippen LogP contribution in [-0.2, 0) is 11.3 Å². The van der Waals surface area contributed by atoms with Gasteiger partial charge in [0.05, 0.1) is 12.6 Å². The van der Waals surface area contributed by atoms with Crippen molar-refractivity contribution >= 4 is 6.09 Å². The minimum atomic E-state index is -0.990. The van der Waals surface area contributed by atoms with Gasteiger partial charge in [-0.25, -0.2) is 4.79 Å². The predicted octanol–water partition coefficient (Wildman–Crippen LogP) is 1.31. The number of rotatable bonds is 2. The average Bonchev–Trinajstić information content (AvgIpc) is 2.46. The monoisotopic (exact) mass is 277 g/mol. The molecule has 5 nitrogen and oxygen atoms in total. The van der Waals surface area contributed by atoms with Gasteiger partial charge in [-0.1, -0.05) is 42.5 Å². The first-order chi connectivity index (χ1) is 9.66. The Labute approximate surface area is 118 Å². The zero-order valence-corrected chi connectivity index (χ0v) is 11.2. The molecule has 5 heteroatoms. The number of β-amino-alcohol motifs (C(OH)–C–C–N with tert-alkyl or cyclic N) is 1. The lowest BCUT2D eigenvalue weighted by Gasteiger charge is -2.27. The van der Waals surface area contributed by atoms with Crippen LogP contribution in [0.4, 0.5) is 4.79 Å². The highest BCUT2D eigenvalue weighted by atomic mass is 16.6. The van der Waals surface area contributed by atoms with E-state index < -0.39 is 18.3 Å². The lowest BCUT2D eigenvalue weighted by molar-refractivity contribution is 0.0151. The molecule has 2 N–H and O–H groups in total. The van der Waals surface area contributed by atoms with Crippen molar-refractivity contribution < 1.29 is 19.7 Å². The summed E-state index contributed by atoms with van der Waals surface area (Å²) >= 11 is 0. The van der Waals surface area contributed by atoms with Gasteiger partial charge in [0, 0.05) is 6.54 Å². The van der Waals surface area contributed by atoms with Crippen molar-refractivity contribution in [1.29, 1.82) is 0 Å². The molecule has 0 bridgehead atoms. The summed E-state index contributed by atoms with van der Waals surface area (Å²) in [4.78, 5) is 13.4. The van der Waals surface area contributed by atoms with Crippen LogP contribution < -0.4 is 0 Å². The molecule has 0 saturated heterocycles. The fourth-order valence-electron chi connectivity index (χ4n) is 2.00. The molecule has 1 aliphatic rings. The third-order valence-electron chi connectivity index (χ3n) is 3.16. The van der Waals surface area contributed by atoms with E-state index in [1.807, 2.05) is 30.3 Å². The number of carbonyl (C=O) groups excluding carboxylic acids is 1. The van der Waals surface area contributed by atoms with Crippen LogP contribution in [0.1, 0.15) is 12.0 Å². The van der Waals surface area contributed by atoms with Crippen LogP contribution in [0.5, 0.6) is 0 Å². The maximum Gasteiger partial charge on any atom is 0.410 e. The highest BCUT2D eigenvalue weighted by Crippen LogP contribution is 2.09. The summed E-state index contributed by atoms with van der Waals surface area (Å²) in [5.74, 6) is 0. The molecule has 1 heterocycles. The van der Waals surface area contributed by atoms with Gasteiger partial charge in [-0.15, -0.1) is 0 Å². The Morgan fingerprint density at radius 1 is 1.30 bits per heavy atom. The first-order valence-corrected chi connectivity index (χ1v) is 6.65. The van der Waals surface area contributed by atoms with Crippen LogP contribution >= 0.6 is 0 Å². The molecule has 108 valence electrons. The number of hydrogen-bond acceptors (Lipinski definition) is 4. The van der Waals surface area contributed by atoms with Crippen LogP contribution in [-0.4, -0.2) is 46.5 Å². The van der Waals surface area contributed by atoms with E-state index in [-0.39, 0.29) is 13.2 Å². The lowest BCUT2D eigenvalue weighted by Crippen LogP contribution is -2.43. The topological polar surface area (TPSA) is 70.0 Å². The number of nitrogens with zero attached hydrogens (tertiary/aromatic N) is 1. The Hall–Kier alpha value is -1.85. The maximum atomic E-state index is 12.0. The maximum absolute atomic E-state index is 12.0. The lowest BCUT2D eigenvalue weighted by atomic mass is 10.1. The molecule has 0 unspecified atom stereocenters. The second-order valence-corrected chi connectivity index (χ2v) is 4.76. The molecule has 0 spiro atoms. The normalized spacial score (nSPS) is 23.0. The average molecular weight is 277 g/mol. The molecule has 0 saturated carbocycles. The summed E-state index contributed by atoms with van der Waals surface area (Å²) in [5, 5.41) is 19.3. The minimum Gasteiger partial charge on any atom is -0.445 e. The largest absolute Gasteiger partial charge is 0.445 e. The summed E-state index contributed by atoms with van der Waals surface area (Å²) in [6, 6.07) is 9.41. The molecule has 1 aliphatic heterocycles. The summed E-state index contributed by atoms with van der Waals surface area (Å²) in [6.45, 7) is 0.734. The standard InChI is InChI=1S/C15H19NO4/c17-13-8-4-5-9-16(10-14(13)18)15(19)20-11-12-6-2-1-3-7-12/h1-4,6-8,13-14,17-18H,5,9-11H2/t13-,14+/m0/s1. The smallest absolute Gasteiger partial charge is 0.410 e. The summed E-state index contributed by atoms with van der Waals surface area (Å²) in [6.07, 6.45) is 1.53. The molecule has 0 aromatic heterocycles. The number of hydrogen-bond donors (Lipinski definition) is 2. The van der Waals surface area contributed by atoms with Gasteiger partial charge in [-0.2, -0.15) is 0 Å². The van der Waals surface area contributed by atoms with Gasteiger partial charge < -0.3 is 19.8 Å². The fourth-order valence-corrected chi connectivity index (χ4v) is 2.00. The van der Waals surface area contributed by atoms with Crippen molar-refractivity contribution in [3.8, 4) is 0 Å². The van der Waals surface area contributed by atoms with E-state index in [1.165, 1.54) is 4.90 Å². The van der Waals surface area contributed by atoms with Crippen molar-refractivity contribution in [1.82, 2.24) is 4.90 Å². The first kappa shape index (κ1) is 14.6. The van der Waals surface area contributed by atoms with Crippen molar-refractivity contribution in [3.05, 3.63) is 48.0 Å². The SMILES string of the molecule is O=C(OCc1ccccc1)N1CCC=C[C@H](O)[C@H](O)C1. The van der Waals surface area contributed by atoms with Gasteiger partial charge in [0.1, 0.15) is 12.7 Å². The Morgan fingerprint density at radius 3 is 2.80 bits per heavy atom. The van der Waals surface area contributed by atoms with Crippen LogP contribution in [0.2, 0.25) is 0 Å². The van der Waals surface area contributed by atoms with E-state index in [0.29, 0.717) is 13.0 Å². The highest BCUT2D eigenvalue weighted by molar-refractivity contribution is 5.67. The van der Waals surface area contributed by atoms with Gasteiger partial charge in [0.2, 0.25) is 0 Å².